The number of likely N-dealkylation sites (tertiary alicyclic amines) is 1. The number of para-hydroxylation sites is 1. The van der Waals surface area contributed by atoms with E-state index < -0.39 is 5.54 Å². The summed E-state index contributed by atoms with van der Waals surface area (Å²) < 4.78 is 1.52. The zero-order valence-electron chi connectivity index (χ0n) is 16.1. The minimum absolute atomic E-state index is 0.217. The summed E-state index contributed by atoms with van der Waals surface area (Å²) in [5, 5.41) is 0.721. The molecule has 0 N–H and O–H groups in total. The van der Waals surface area contributed by atoms with Gasteiger partial charge in [0.15, 0.2) is 0 Å². The van der Waals surface area contributed by atoms with Crippen molar-refractivity contribution >= 4 is 28.7 Å². The Bertz CT molecular complexity index is 1070. The van der Waals surface area contributed by atoms with Crippen molar-refractivity contribution in [1.82, 2.24) is 19.3 Å². The van der Waals surface area contributed by atoms with Crippen LogP contribution in [0.5, 0.6) is 0 Å². The van der Waals surface area contributed by atoms with E-state index in [1.807, 2.05) is 24.3 Å². The van der Waals surface area contributed by atoms with Gasteiger partial charge in [-0.15, -0.1) is 0 Å². The van der Waals surface area contributed by atoms with Crippen LogP contribution in [-0.4, -0.2) is 69.8 Å². The summed E-state index contributed by atoms with van der Waals surface area (Å²) in [6.07, 6.45) is 0.764. The number of aromatic nitrogens is 1. The molecule has 0 radical (unpaired) electrons. The molecule has 4 rings (SSSR count). The number of benzene rings is 1. The summed E-state index contributed by atoms with van der Waals surface area (Å²) in [5.74, 6) is -0.442. The fraction of sp³-hybridized carbons (Fsp3) is 0.400. The lowest BCUT2D eigenvalue weighted by atomic mass is 9.86. The molecule has 28 heavy (non-hydrogen) atoms. The van der Waals surface area contributed by atoms with Crippen molar-refractivity contribution < 1.29 is 14.4 Å². The highest BCUT2D eigenvalue weighted by Crippen LogP contribution is 2.36. The van der Waals surface area contributed by atoms with Crippen LogP contribution in [0, 0.1) is 0 Å². The Balaban J connectivity index is 1.64. The zero-order chi connectivity index (χ0) is 20.2. The Labute approximate surface area is 161 Å². The summed E-state index contributed by atoms with van der Waals surface area (Å²) in [6.45, 7) is 0.694. The van der Waals surface area contributed by atoms with E-state index in [0.29, 0.717) is 37.0 Å². The first-order valence-corrected chi connectivity index (χ1v) is 9.22. The second-order valence-electron chi connectivity index (χ2n) is 7.50. The van der Waals surface area contributed by atoms with Gasteiger partial charge in [0.05, 0.1) is 11.1 Å². The third kappa shape index (κ3) is 2.37. The van der Waals surface area contributed by atoms with Gasteiger partial charge in [0.2, 0.25) is 0 Å². The minimum atomic E-state index is -0.877. The standard InChI is InChI=1S/C20H22N4O4/c1-21-15-7-5-4-6-13(15)14(12-16(21)25)17(26)24-10-8-20(9-11-24)18(27)22(2)19(28)23(20)3/h4-7,12H,8-11H2,1-3H3. The molecule has 2 aromatic rings. The largest absolute Gasteiger partial charge is 0.338 e. The summed E-state index contributed by atoms with van der Waals surface area (Å²) in [4.78, 5) is 54.6. The molecule has 0 aliphatic carbocycles. The number of urea groups is 1. The van der Waals surface area contributed by atoms with E-state index in [2.05, 4.69) is 0 Å². The third-order valence-corrected chi connectivity index (χ3v) is 6.18. The SMILES string of the molecule is CN1C(=O)N(C)C2(CCN(C(=O)c3cc(=O)n(C)c4ccccc34)CC2)C1=O. The highest BCUT2D eigenvalue weighted by Gasteiger charge is 2.55. The van der Waals surface area contributed by atoms with E-state index in [4.69, 9.17) is 0 Å². The highest BCUT2D eigenvalue weighted by atomic mass is 16.2. The number of hydrogen-bond donors (Lipinski definition) is 0. The molecular weight excluding hydrogens is 360 g/mol. The molecule has 2 aliphatic heterocycles. The number of aryl methyl sites for hydroxylation is 1. The summed E-state index contributed by atoms with van der Waals surface area (Å²) >= 11 is 0. The van der Waals surface area contributed by atoms with Gasteiger partial charge < -0.3 is 14.4 Å². The number of likely N-dealkylation sites (N-methyl/N-ethyl adjacent to an activating group) is 2. The number of carbonyl (C=O) groups is 3. The van der Waals surface area contributed by atoms with Crippen LogP contribution in [0.25, 0.3) is 10.9 Å². The maximum absolute atomic E-state index is 13.2. The first-order chi connectivity index (χ1) is 13.3. The minimum Gasteiger partial charge on any atom is -0.338 e. The summed E-state index contributed by atoms with van der Waals surface area (Å²) in [5.41, 5.74) is -0.0514. The molecule has 0 saturated carbocycles. The van der Waals surface area contributed by atoms with Gasteiger partial charge in [0, 0.05) is 45.7 Å². The molecule has 1 aromatic heterocycles. The molecule has 3 heterocycles. The van der Waals surface area contributed by atoms with Crippen molar-refractivity contribution in [3.05, 3.63) is 46.2 Å². The number of hydrogen-bond acceptors (Lipinski definition) is 4. The van der Waals surface area contributed by atoms with Crippen molar-refractivity contribution in [2.75, 3.05) is 27.2 Å². The Kier molecular flexibility index (Phi) is 4.02. The molecule has 4 amide bonds. The van der Waals surface area contributed by atoms with E-state index in [-0.39, 0.29) is 23.4 Å². The normalized spacial score (nSPS) is 19.2. The van der Waals surface area contributed by atoms with Gasteiger partial charge in [-0.2, -0.15) is 0 Å². The van der Waals surface area contributed by atoms with Crippen LogP contribution in [-0.2, 0) is 11.8 Å². The van der Waals surface area contributed by atoms with Gasteiger partial charge >= 0.3 is 6.03 Å². The van der Waals surface area contributed by atoms with Crippen molar-refractivity contribution in [1.29, 1.82) is 0 Å². The van der Waals surface area contributed by atoms with Crippen LogP contribution >= 0.6 is 0 Å². The van der Waals surface area contributed by atoms with Crippen molar-refractivity contribution in [2.45, 2.75) is 18.4 Å². The van der Waals surface area contributed by atoms with Gasteiger partial charge in [-0.1, -0.05) is 18.2 Å². The van der Waals surface area contributed by atoms with Crippen molar-refractivity contribution in [3.63, 3.8) is 0 Å². The second-order valence-corrected chi connectivity index (χ2v) is 7.50. The number of pyridine rings is 1. The van der Waals surface area contributed by atoms with E-state index in [1.165, 1.54) is 22.6 Å². The Morgan fingerprint density at radius 2 is 1.64 bits per heavy atom. The molecule has 0 unspecified atom stereocenters. The maximum atomic E-state index is 13.2. The molecule has 2 aliphatic rings. The van der Waals surface area contributed by atoms with E-state index in [9.17, 15) is 19.2 Å². The molecule has 8 nitrogen and oxygen atoms in total. The molecule has 8 heteroatoms. The van der Waals surface area contributed by atoms with Crippen LogP contribution in [0.1, 0.15) is 23.2 Å². The van der Waals surface area contributed by atoms with E-state index in [0.717, 1.165) is 10.3 Å². The molecule has 1 spiro atoms. The number of carbonyl (C=O) groups excluding carboxylic acids is 3. The van der Waals surface area contributed by atoms with Crippen molar-refractivity contribution in [3.8, 4) is 0 Å². The predicted molar refractivity (Wildman–Crippen MR) is 103 cm³/mol. The number of rotatable bonds is 1. The van der Waals surface area contributed by atoms with Crippen molar-refractivity contribution in [2.24, 2.45) is 7.05 Å². The molecule has 146 valence electrons. The number of amides is 4. The first kappa shape index (κ1) is 18.2. The third-order valence-electron chi connectivity index (χ3n) is 6.18. The Hall–Kier alpha value is -3.16. The average molecular weight is 382 g/mol. The lowest BCUT2D eigenvalue weighted by Gasteiger charge is -2.40. The molecule has 0 atom stereocenters. The Morgan fingerprint density at radius 3 is 2.25 bits per heavy atom. The fourth-order valence-electron chi connectivity index (χ4n) is 4.34. The molecule has 1 aromatic carbocycles. The monoisotopic (exact) mass is 382 g/mol. The number of piperidine rings is 1. The van der Waals surface area contributed by atoms with Gasteiger partial charge in [-0.25, -0.2) is 4.79 Å². The number of nitrogens with zero attached hydrogens (tertiary/aromatic N) is 4. The highest BCUT2D eigenvalue weighted by molar-refractivity contribution is 6.08. The lowest BCUT2D eigenvalue weighted by molar-refractivity contribution is -0.134. The molecule has 0 bridgehead atoms. The lowest BCUT2D eigenvalue weighted by Crippen LogP contribution is -2.56. The van der Waals surface area contributed by atoms with Crippen LogP contribution < -0.4 is 5.56 Å². The Morgan fingerprint density at radius 1 is 1.00 bits per heavy atom. The smallest absolute Gasteiger partial charge is 0.327 e. The fourth-order valence-corrected chi connectivity index (χ4v) is 4.34. The van der Waals surface area contributed by atoms with Gasteiger partial charge in [0.25, 0.3) is 17.4 Å². The van der Waals surface area contributed by atoms with Crippen LogP contribution in [0.3, 0.4) is 0 Å². The first-order valence-electron chi connectivity index (χ1n) is 9.22. The number of imide groups is 1. The number of fused-ring (bicyclic) bond motifs is 1. The summed E-state index contributed by atoms with van der Waals surface area (Å²) in [7, 11) is 4.80. The second kappa shape index (κ2) is 6.19. The van der Waals surface area contributed by atoms with Crippen LogP contribution in [0.2, 0.25) is 0 Å². The molecule has 2 saturated heterocycles. The molecular formula is C20H22N4O4. The van der Waals surface area contributed by atoms with Crippen LogP contribution in [0.4, 0.5) is 4.79 Å². The average Bonchev–Trinajstić information content (AvgIpc) is 2.87. The summed E-state index contributed by atoms with van der Waals surface area (Å²) in [6, 6.07) is 8.36. The predicted octanol–water partition coefficient (Wildman–Crippen LogP) is 1.04. The molecule has 2 fully saturated rings. The zero-order valence-corrected chi connectivity index (χ0v) is 16.1. The van der Waals surface area contributed by atoms with Crippen LogP contribution in [0.15, 0.2) is 35.1 Å². The van der Waals surface area contributed by atoms with E-state index >= 15 is 0 Å². The quantitative estimate of drug-likeness (QED) is 0.690. The van der Waals surface area contributed by atoms with Gasteiger partial charge in [0.1, 0.15) is 5.54 Å². The maximum Gasteiger partial charge on any atom is 0.327 e. The van der Waals surface area contributed by atoms with Gasteiger partial charge in [-0.3, -0.25) is 19.3 Å². The van der Waals surface area contributed by atoms with E-state index in [1.54, 1.807) is 19.0 Å². The topological polar surface area (TPSA) is 82.9 Å². The van der Waals surface area contributed by atoms with Gasteiger partial charge in [-0.05, 0) is 18.9 Å².